The Morgan fingerprint density at radius 1 is 0.545 bits per heavy atom. The number of rotatable bonds is 0. The van der Waals surface area contributed by atoms with Crippen LogP contribution in [0.25, 0.3) is 43.1 Å². The third kappa shape index (κ3) is 1.37. The molecule has 0 fully saturated rings. The summed E-state index contributed by atoms with van der Waals surface area (Å²) in [5.74, 6) is 0. The predicted molar refractivity (Wildman–Crippen MR) is 97.1 cm³/mol. The third-order valence-corrected chi connectivity index (χ3v) is 4.96. The van der Waals surface area contributed by atoms with Crippen molar-refractivity contribution >= 4 is 43.1 Å². The number of aryl methyl sites for hydroxylation is 2. The summed E-state index contributed by atoms with van der Waals surface area (Å²) in [7, 11) is 0. The molecule has 0 nitrogen and oxygen atoms in total. The Kier molecular flexibility index (Phi) is 2.17. The lowest BCUT2D eigenvalue weighted by Gasteiger charge is -2.16. The summed E-state index contributed by atoms with van der Waals surface area (Å²) in [5, 5.41) is 11.0. The van der Waals surface area contributed by atoms with Crippen LogP contribution in [0.5, 0.6) is 0 Å². The van der Waals surface area contributed by atoms with Crippen LogP contribution in [-0.4, -0.2) is 0 Å². The molecule has 5 aromatic carbocycles. The van der Waals surface area contributed by atoms with E-state index < -0.39 is 0 Å². The quantitative estimate of drug-likeness (QED) is 0.229. The number of benzene rings is 5. The second-order valence-electron chi connectivity index (χ2n) is 6.37. The van der Waals surface area contributed by atoms with E-state index in [4.69, 9.17) is 0 Å². The van der Waals surface area contributed by atoms with Gasteiger partial charge in [-0.2, -0.15) is 0 Å². The van der Waals surface area contributed by atoms with E-state index in [1.807, 2.05) is 0 Å². The average molecular weight is 280 g/mol. The largest absolute Gasteiger partial charge is 0.0610 e. The van der Waals surface area contributed by atoms with Crippen molar-refractivity contribution in [3.63, 3.8) is 0 Å². The van der Waals surface area contributed by atoms with E-state index in [2.05, 4.69) is 74.5 Å². The molecule has 0 heteroatoms. The van der Waals surface area contributed by atoms with Crippen molar-refractivity contribution in [1.29, 1.82) is 0 Å². The highest BCUT2D eigenvalue weighted by atomic mass is 14.2. The highest BCUT2D eigenvalue weighted by Crippen LogP contribution is 2.41. The minimum atomic E-state index is 1.33. The molecule has 0 saturated heterocycles. The molecule has 0 amide bonds. The molecule has 22 heavy (non-hydrogen) atoms. The van der Waals surface area contributed by atoms with Crippen LogP contribution in [0.3, 0.4) is 0 Å². The molecule has 0 aliphatic heterocycles. The minimum Gasteiger partial charge on any atom is -0.0610 e. The van der Waals surface area contributed by atoms with E-state index in [0.29, 0.717) is 0 Å². The van der Waals surface area contributed by atoms with Crippen LogP contribution < -0.4 is 0 Å². The van der Waals surface area contributed by atoms with Gasteiger partial charge in [-0.3, -0.25) is 0 Å². The summed E-state index contributed by atoms with van der Waals surface area (Å²) in [5.41, 5.74) is 2.69. The first-order valence-corrected chi connectivity index (χ1v) is 7.80. The van der Waals surface area contributed by atoms with E-state index in [1.54, 1.807) is 0 Å². The molecule has 0 heterocycles. The molecule has 0 aromatic heterocycles. The number of hydrogen-bond donors (Lipinski definition) is 0. The van der Waals surface area contributed by atoms with Crippen LogP contribution in [0.4, 0.5) is 0 Å². The first-order valence-electron chi connectivity index (χ1n) is 7.80. The Morgan fingerprint density at radius 2 is 1.18 bits per heavy atom. The summed E-state index contributed by atoms with van der Waals surface area (Å²) >= 11 is 0. The Labute approximate surface area is 129 Å². The van der Waals surface area contributed by atoms with Crippen LogP contribution in [0, 0.1) is 13.8 Å². The lowest BCUT2D eigenvalue weighted by molar-refractivity contribution is 1.49. The highest BCUT2D eigenvalue weighted by molar-refractivity contribution is 6.33. The lowest BCUT2D eigenvalue weighted by atomic mass is 9.88. The first kappa shape index (κ1) is 12.0. The Hall–Kier alpha value is -2.60. The topological polar surface area (TPSA) is 0 Å². The minimum absolute atomic E-state index is 1.33. The maximum Gasteiger partial charge on any atom is -0.00235 e. The molecule has 0 radical (unpaired) electrons. The van der Waals surface area contributed by atoms with Crippen LogP contribution in [0.2, 0.25) is 0 Å². The van der Waals surface area contributed by atoms with Gasteiger partial charge in [0.2, 0.25) is 0 Å². The zero-order valence-corrected chi connectivity index (χ0v) is 12.8. The summed E-state index contributed by atoms with van der Waals surface area (Å²) in [6.45, 7) is 4.41. The molecule has 0 bridgehead atoms. The molecular weight excluding hydrogens is 264 g/mol. The van der Waals surface area contributed by atoms with Crippen molar-refractivity contribution in [3.8, 4) is 0 Å². The molecule has 0 unspecified atom stereocenters. The van der Waals surface area contributed by atoms with Gasteiger partial charge in [-0.15, -0.1) is 0 Å². The molecule has 5 rings (SSSR count). The monoisotopic (exact) mass is 280 g/mol. The maximum atomic E-state index is 2.34. The predicted octanol–water partition coefficient (Wildman–Crippen LogP) is 6.35. The molecule has 0 saturated carbocycles. The zero-order chi connectivity index (χ0) is 14.8. The van der Waals surface area contributed by atoms with E-state index in [-0.39, 0.29) is 0 Å². The summed E-state index contributed by atoms with van der Waals surface area (Å²) in [6, 6.07) is 22.5. The SMILES string of the molecule is Cc1cc2c(C)ccc3c4cccc5cccc(c(c1)c23)c54. The standard InChI is InChI=1S/C22H16/c1-13-11-19-14(2)9-10-18-16-7-3-5-15-6-4-8-17(21(15)16)20(12-13)22(18)19/h3-12H,1-2H3. The van der Waals surface area contributed by atoms with Gasteiger partial charge in [0.25, 0.3) is 0 Å². The van der Waals surface area contributed by atoms with Gasteiger partial charge < -0.3 is 0 Å². The Bertz CT molecular complexity index is 1170. The van der Waals surface area contributed by atoms with Gasteiger partial charge in [0.05, 0.1) is 0 Å². The van der Waals surface area contributed by atoms with Gasteiger partial charge in [0, 0.05) is 0 Å². The maximum absolute atomic E-state index is 2.34. The van der Waals surface area contributed by atoms with E-state index in [1.165, 1.54) is 54.2 Å². The molecule has 0 atom stereocenters. The van der Waals surface area contributed by atoms with Gasteiger partial charge in [-0.1, -0.05) is 60.7 Å². The second-order valence-corrected chi connectivity index (χ2v) is 6.37. The van der Waals surface area contributed by atoms with Crippen molar-refractivity contribution in [3.05, 3.63) is 71.8 Å². The average Bonchev–Trinajstić information content (AvgIpc) is 2.54. The van der Waals surface area contributed by atoms with Crippen molar-refractivity contribution < 1.29 is 0 Å². The molecule has 5 aromatic rings. The Balaban J connectivity index is 2.28. The third-order valence-electron chi connectivity index (χ3n) is 4.96. The Morgan fingerprint density at radius 3 is 1.95 bits per heavy atom. The summed E-state index contributed by atoms with van der Waals surface area (Å²) in [6.07, 6.45) is 0. The normalized spacial score (nSPS) is 12.1. The molecular formula is C22H16. The van der Waals surface area contributed by atoms with Crippen molar-refractivity contribution in [2.24, 2.45) is 0 Å². The van der Waals surface area contributed by atoms with Gasteiger partial charge >= 0.3 is 0 Å². The second kappa shape index (κ2) is 3.98. The molecule has 0 spiro atoms. The number of fused-ring (bicyclic) bond motifs is 2. The first-order chi connectivity index (χ1) is 10.7. The van der Waals surface area contributed by atoms with Gasteiger partial charge in [0.15, 0.2) is 0 Å². The summed E-state index contributed by atoms with van der Waals surface area (Å²) in [4.78, 5) is 0. The highest BCUT2D eigenvalue weighted by Gasteiger charge is 2.13. The van der Waals surface area contributed by atoms with Crippen LogP contribution in [-0.2, 0) is 0 Å². The smallest absolute Gasteiger partial charge is 0.00235 e. The lowest BCUT2D eigenvalue weighted by Crippen LogP contribution is -1.89. The van der Waals surface area contributed by atoms with Crippen LogP contribution in [0.15, 0.2) is 60.7 Å². The fourth-order valence-electron chi connectivity index (χ4n) is 4.00. The molecule has 104 valence electrons. The molecule has 0 aliphatic carbocycles. The molecule has 0 aliphatic rings. The van der Waals surface area contributed by atoms with E-state index in [0.717, 1.165) is 0 Å². The molecule has 0 N–H and O–H groups in total. The zero-order valence-electron chi connectivity index (χ0n) is 12.8. The van der Waals surface area contributed by atoms with Gasteiger partial charge in [-0.25, -0.2) is 0 Å². The van der Waals surface area contributed by atoms with Crippen molar-refractivity contribution in [1.82, 2.24) is 0 Å². The van der Waals surface area contributed by atoms with Crippen LogP contribution in [0.1, 0.15) is 11.1 Å². The van der Waals surface area contributed by atoms with Crippen molar-refractivity contribution in [2.75, 3.05) is 0 Å². The fourth-order valence-corrected chi connectivity index (χ4v) is 4.00. The summed E-state index contributed by atoms with van der Waals surface area (Å²) < 4.78 is 0. The van der Waals surface area contributed by atoms with Crippen molar-refractivity contribution in [2.45, 2.75) is 13.8 Å². The fraction of sp³-hybridized carbons (Fsp3) is 0.0909. The number of hydrogen-bond acceptors (Lipinski definition) is 0. The van der Waals surface area contributed by atoms with Gasteiger partial charge in [0.1, 0.15) is 0 Å². The van der Waals surface area contributed by atoms with Crippen LogP contribution >= 0.6 is 0 Å². The van der Waals surface area contributed by atoms with E-state index in [9.17, 15) is 0 Å². The van der Waals surface area contributed by atoms with Gasteiger partial charge in [-0.05, 0) is 68.1 Å². The van der Waals surface area contributed by atoms with E-state index >= 15 is 0 Å².